The van der Waals surface area contributed by atoms with Crippen LogP contribution >= 0.6 is 11.6 Å². The molecule has 4 nitrogen and oxygen atoms in total. The number of carboxylic acid groups (broad SMARTS) is 1. The van der Waals surface area contributed by atoms with Crippen LogP contribution in [0.1, 0.15) is 48.8 Å². The van der Waals surface area contributed by atoms with Crippen molar-refractivity contribution in [3.8, 4) is 5.69 Å². The number of alkyl halides is 3. The Morgan fingerprint density at radius 2 is 1.76 bits per heavy atom. The van der Waals surface area contributed by atoms with E-state index in [9.17, 15) is 27.5 Å². The van der Waals surface area contributed by atoms with Crippen molar-refractivity contribution in [1.82, 2.24) is 4.57 Å². The minimum atomic E-state index is -4.84. The Hall–Kier alpha value is -2.58. The van der Waals surface area contributed by atoms with Gasteiger partial charge in [-0.2, -0.15) is 13.2 Å². The molecule has 2 fully saturated rings. The molecule has 0 amide bonds. The molecule has 5 rings (SSSR count). The largest absolute Gasteiger partial charge is 0.481 e. The maximum atomic E-state index is 13.9. The van der Waals surface area contributed by atoms with Gasteiger partial charge < -0.3 is 14.4 Å². The standard InChI is InChI=1S/C25H22ClF4NO3/c26-18-11-16(5-6-19(18)27)31-20-4-2-1-3-17(20)21(22(31)14-7-9-34-10-8-14)15-12-24(13-15,23(32)33)25(28,29)30/h1-6,11,14-15H,7-10,12-13H2,(H,32,33). The summed E-state index contributed by atoms with van der Waals surface area (Å²) in [6.45, 7) is 1.03. The second-order valence-corrected chi connectivity index (χ2v) is 9.53. The first-order valence-electron chi connectivity index (χ1n) is 11.1. The first-order valence-corrected chi connectivity index (χ1v) is 11.5. The van der Waals surface area contributed by atoms with Crippen LogP contribution in [-0.4, -0.2) is 35.0 Å². The van der Waals surface area contributed by atoms with Gasteiger partial charge in [-0.15, -0.1) is 0 Å². The zero-order valence-corrected chi connectivity index (χ0v) is 18.8. The summed E-state index contributed by atoms with van der Waals surface area (Å²) in [5.74, 6) is -2.98. The van der Waals surface area contributed by atoms with Crippen molar-refractivity contribution in [3.63, 3.8) is 0 Å². The van der Waals surface area contributed by atoms with Crippen molar-refractivity contribution in [2.75, 3.05) is 13.2 Å². The average Bonchev–Trinajstić information content (AvgIpc) is 3.09. The quantitative estimate of drug-likeness (QED) is 0.404. The van der Waals surface area contributed by atoms with E-state index in [1.165, 1.54) is 12.1 Å². The summed E-state index contributed by atoms with van der Waals surface area (Å²) >= 11 is 6.08. The number of ether oxygens (including phenoxy) is 1. The van der Waals surface area contributed by atoms with Gasteiger partial charge in [-0.3, -0.25) is 4.79 Å². The van der Waals surface area contributed by atoms with Gasteiger partial charge in [0.25, 0.3) is 0 Å². The summed E-state index contributed by atoms with van der Waals surface area (Å²) in [5, 5.41) is 10.2. The summed E-state index contributed by atoms with van der Waals surface area (Å²) in [6, 6.07) is 11.7. The highest BCUT2D eigenvalue weighted by Crippen LogP contribution is 2.61. The van der Waals surface area contributed by atoms with Crippen LogP contribution < -0.4 is 0 Å². The molecule has 180 valence electrons. The maximum Gasteiger partial charge on any atom is 0.404 e. The zero-order chi connectivity index (χ0) is 24.3. The summed E-state index contributed by atoms with van der Waals surface area (Å²) in [6.07, 6.45) is -4.51. The van der Waals surface area contributed by atoms with Crippen molar-refractivity contribution in [2.24, 2.45) is 5.41 Å². The molecule has 1 aromatic heterocycles. The van der Waals surface area contributed by atoms with Crippen LogP contribution in [0.2, 0.25) is 5.02 Å². The third-order valence-corrected chi connectivity index (χ3v) is 7.56. The molecule has 0 radical (unpaired) electrons. The number of nitrogens with zero attached hydrogens (tertiary/aromatic N) is 1. The Morgan fingerprint density at radius 1 is 1.09 bits per heavy atom. The lowest BCUT2D eigenvalue weighted by atomic mass is 9.58. The minimum absolute atomic E-state index is 0.00862. The van der Waals surface area contributed by atoms with E-state index in [1.807, 2.05) is 28.8 Å². The van der Waals surface area contributed by atoms with Gasteiger partial charge in [-0.05, 0) is 61.4 Å². The van der Waals surface area contributed by atoms with Gasteiger partial charge in [0.15, 0.2) is 5.41 Å². The zero-order valence-electron chi connectivity index (χ0n) is 18.0. The molecule has 34 heavy (non-hydrogen) atoms. The Balaban J connectivity index is 1.72. The number of aliphatic carboxylic acids is 1. The summed E-state index contributed by atoms with van der Waals surface area (Å²) in [4.78, 5) is 11.7. The molecule has 0 atom stereocenters. The van der Waals surface area contributed by atoms with Gasteiger partial charge in [-0.1, -0.05) is 29.8 Å². The van der Waals surface area contributed by atoms with Crippen molar-refractivity contribution in [3.05, 3.63) is 64.6 Å². The molecule has 1 aliphatic heterocycles. The summed E-state index contributed by atoms with van der Waals surface area (Å²) < 4.78 is 62.7. The van der Waals surface area contributed by atoms with E-state index in [0.29, 0.717) is 31.7 Å². The van der Waals surface area contributed by atoms with E-state index < -0.39 is 42.1 Å². The highest BCUT2D eigenvalue weighted by molar-refractivity contribution is 6.30. The molecule has 2 heterocycles. The number of carbonyl (C=O) groups is 1. The third kappa shape index (κ3) is 3.50. The molecule has 0 unspecified atom stereocenters. The van der Waals surface area contributed by atoms with Crippen molar-refractivity contribution >= 4 is 28.5 Å². The molecule has 1 saturated heterocycles. The molecule has 3 aromatic rings. The van der Waals surface area contributed by atoms with Crippen LogP contribution in [-0.2, 0) is 9.53 Å². The lowest BCUT2D eigenvalue weighted by molar-refractivity contribution is -0.256. The van der Waals surface area contributed by atoms with Crippen LogP contribution in [0.15, 0.2) is 42.5 Å². The number of para-hydroxylation sites is 1. The smallest absolute Gasteiger partial charge is 0.404 e. The molecule has 2 aliphatic rings. The highest BCUT2D eigenvalue weighted by Gasteiger charge is 2.68. The minimum Gasteiger partial charge on any atom is -0.481 e. The van der Waals surface area contributed by atoms with Crippen molar-refractivity contribution in [2.45, 2.75) is 43.7 Å². The molecule has 1 N–H and O–H groups in total. The Morgan fingerprint density at radius 3 is 2.38 bits per heavy atom. The molecule has 0 spiro atoms. The van der Waals surface area contributed by atoms with Crippen molar-refractivity contribution in [1.29, 1.82) is 0 Å². The number of fused-ring (bicyclic) bond motifs is 1. The lowest BCUT2D eigenvalue weighted by Gasteiger charge is -2.46. The number of hydrogen-bond acceptors (Lipinski definition) is 2. The lowest BCUT2D eigenvalue weighted by Crippen LogP contribution is -2.53. The van der Waals surface area contributed by atoms with Crippen molar-refractivity contribution < 1.29 is 32.2 Å². The molecule has 9 heteroatoms. The van der Waals surface area contributed by atoms with Gasteiger partial charge in [0, 0.05) is 35.9 Å². The monoisotopic (exact) mass is 495 g/mol. The van der Waals surface area contributed by atoms with E-state index in [4.69, 9.17) is 16.3 Å². The predicted octanol–water partition coefficient (Wildman–Crippen LogP) is 6.83. The number of hydrogen-bond donors (Lipinski definition) is 1. The fourth-order valence-corrected chi connectivity index (χ4v) is 5.68. The van der Waals surface area contributed by atoms with Gasteiger partial charge in [-0.25, -0.2) is 4.39 Å². The van der Waals surface area contributed by atoms with E-state index >= 15 is 0 Å². The fraction of sp³-hybridized carbons (Fsp3) is 0.400. The summed E-state index contributed by atoms with van der Waals surface area (Å²) in [5.41, 5.74) is 0.200. The molecule has 1 aliphatic carbocycles. The molecule has 2 aromatic carbocycles. The number of carboxylic acids is 1. The highest BCUT2D eigenvalue weighted by atomic mass is 35.5. The van der Waals surface area contributed by atoms with Gasteiger partial charge in [0.05, 0.1) is 10.5 Å². The Labute approximate surface area is 198 Å². The fourth-order valence-electron chi connectivity index (χ4n) is 5.50. The Bertz CT molecular complexity index is 1260. The number of rotatable bonds is 4. The number of benzene rings is 2. The molecular weight excluding hydrogens is 474 g/mol. The predicted molar refractivity (Wildman–Crippen MR) is 119 cm³/mol. The van der Waals surface area contributed by atoms with Crippen LogP contribution in [0.4, 0.5) is 17.6 Å². The first kappa shape index (κ1) is 23.2. The second kappa shape index (κ2) is 8.27. The molecule has 1 saturated carbocycles. The van der Waals surface area contributed by atoms with Crippen LogP contribution in [0.3, 0.4) is 0 Å². The summed E-state index contributed by atoms with van der Waals surface area (Å²) in [7, 11) is 0. The van der Waals surface area contributed by atoms with Gasteiger partial charge in [0.2, 0.25) is 0 Å². The van der Waals surface area contributed by atoms with E-state index in [-0.39, 0.29) is 10.9 Å². The van der Waals surface area contributed by atoms with E-state index in [1.54, 1.807) is 6.07 Å². The third-order valence-electron chi connectivity index (χ3n) is 7.27. The van der Waals surface area contributed by atoms with Crippen LogP contribution in [0.5, 0.6) is 0 Å². The molecule has 0 bridgehead atoms. The Kier molecular flexibility index (Phi) is 5.64. The first-order chi connectivity index (χ1) is 16.1. The molecular formula is C25H22ClF4NO3. The SMILES string of the molecule is O=C(O)C1(C(F)(F)F)CC(c2c(C3CCOCC3)n(-c3ccc(F)c(Cl)c3)c3ccccc23)C1. The average molecular weight is 496 g/mol. The van der Waals surface area contributed by atoms with E-state index in [2.05, 4.69) is 0 Å². The second-order valence-electron chi connectivity index (χ2n) is 9.13. The number of aromatic nitrogens is 1. The normalized spacial score (nSPS) is 23.7. The van der Waals surface area contributed by atoms with Crippen LogP contribution in [0.25, 0.3) is 16.6 Å². The van der Waals surface area contributed by atoms with E-state index in [0.717, 1.165) is 22.2 Å². The van der Waals surface area contributed by atoms with Gasteiger partial charge >= 0.3 is 12.1 Å². The number of halogens is 5. The topological polar surface area (TPSA) is 51.5 Å². The van der Waals surface area contributed by atoms with Gasteiger partial charge in [0.1, 0.15) is 5.82 Å². The maximum absolute atomic E-state index is 13.9. The van der Waals surface area contributed by atoms with Crippen LogP contribution in [0, 0.1) is 11.2 Å².